The first kappa shape index (κ1) is 20.9. The van der Waals surface area contributed by atoms with Crippen LogP contribution < -0.4 is 0 Å². The Labute approximate surface area is 171 Å². The van der Waals surface area contributed by atoms with Crippen LogP contribution in [0.3, 0.4) is 0 Å². The predicted octanol–water partition coefficient (Wildman–Crippen LogP) is 6.57. The second kappa shape index (κ2) is 8.25. The standard InChI is InChI=1S/C22H17ClF3NO2/c1-3-29-21(28)18-12-19(14-6-10-17(23)11-7-14)20(27-13(18)2)15-4-8-16(9-5-15)22(24,25)26/h4-12H,3H2,1-2H3. The number of halogens is 4. The van der Waals surface area contributed by atoms with Crippen LogP contribution in [0.1, 0.15) is 28.5 Å². The van der Waals surface area contributed by atoms with Crippen molar-refractivity contribution in [2.75, 3.05) is 6.61 Å². The number of nitrogens with zero attached hydrogens (tertiary/aromatic N) is 1. The molecule has 0 amide bonds. The fourth-order valence-electron chi connectivity index (χ4n) is 2.91. The zero-order valence-electron chi connectivity index (χ0n) is 15.7. The molecule has 0 saturated heterocycles. The van der Waals surface area contributed by atoms with E-state index in [1.165, 1.54) is 12.1 Å². The number of alkyl halides is 3. The minimum absolute atomic E-state index is 0.217. The largest absolute Gasteiger partial charge is 0.462 e. The van der Waals surface area contributed by atoms with E-state index in [4.69, 9.17) is 16.3 Å². The summed E-state index contributed by atoms with van der Waals surface area (Å²) in [5.74, 6) is -0.508. The second-order valence-electron chi connectivity index (χ2n) is 6.32. The number of carbonyl (C=O) groups is 1. The molecule has 0 aliphatic carbocycles. The Morgan fingerprint density at radius 2 is 1.62 bits per heavy atom. The summed E-state index contributed by atoms with van der Waals surface area (Å²) >= 11 is 5.97. The number of aryl methyl sites for hydroxylation is 1. The Bertz CT molecular complexity index is 1030. The summed E-state index contributed by atoms with van der Waals surface area (Å²) in [5, 5.41) is 0.538. The van der Waals surface area contributed by atoms with E-state index in [9.17, 15) is 18.0 Å². The first-order chi connectivity index (χ1) is 13.7. The van der Waals surface area contributed by atoms with Gasteiger partial charge in [0, 0.05) is 16.1 Å². The van der Waals surface area contributed by atoms with Gasteiger partial charge < -0.3 is 4.74 Å². The van der Waals surface area contributed by atoms with Gasteiger partial charge in [0.1, 0.15) is 0 Å². The second-order valence-corrected chi connectivity index (χ2v) is 6.76. The molecular weight excluding hydrogens is 403 g/mol. The molecule has 1 heterocycles. The number of pyridine rings is 1. The van der Waals surface area contributed by atoms with Crippen molar-refractivity contribution in [2.24, 2.45) is 0 Å². The number of hydrogen-bond acceptors (Lipinski definition) is 3. The van der Waals surface area contributed by atoms with Crippen molar-refractivity contribution in [3.8, 4) is 22.4 Å². The van der Waals surface area contributed by atoms with Gasteiger partial charge in [-0.2, -0.15) is 13.2 Å². The van der Waals surface area contributed by atoms with Crippen LogP contribution in [-0.4, -0.2) is 17.6 Å². The highest BCUT2D eigenvalue weighted by Gasteiger charge is 2.30. The van der Waals surface area contributed by atoms with E-state index in [1.54, 1.807) is 44.2 Å². The molecule has 0 unspecified atom stereocenters. The van der Waals surface area contributed by atoms with Crippen molar-refractivity contribution in [1.29, 1.82) is 0 Å². The Morgan fingerprint density at radius 1 is 1.03 bits per heavy atom. The lowest BCUT2D eigenvalue weighted by Gasteiger charge is -2.15. The lowest BCUT2D eigenvalue weighted by atomic mass is 9.96. The van der Waals surface area contributed by atoms with Crippen LogP contribution in [0.4, 0.5) is 13.2 Å². The minimum Gasteiger partial charge on any atom is -0.462 e. The molecule has 0 fully saturated rings. The molecule has 3 nitrogen and oxygen atoms in total. The smallest absolute Gasteiger partial charge is 0.416 e. The van der Waals surface area contributed by atoms with Crippen LogP contribution in [0.2, 0.25) is 5.02 Å². The summed E-state index contributed by atoms with van der Waals surface area (Å²) < 4.78 is 43.8. The van der Waals surface area contributed by atoms with Gasteiger partial charge >= 0.3 is 12.1 Å². The fraction of sp³-hybridized carbons (Fsp3) is 0.182. The van der Waals surface area contributed by atoms with Gasteiger partial charge in [-0.05, 0) is 49.7 Å². The van der Waals surface area contributed by atoms with Gasteiger partial charge in [-0.3, -0.25) is 4.98 Å². The van der Waals surface area contributed by atoms with Gasteiger partial charge in [-0.15, -0.1) is 0 Å². The number of hydrogen-bond donors (Lipinski definition) is 0. The van der Waals surface area contributed by atoms with E-state index < -0.39 is 17.7 Å². The highest BCUT2D eigenvalue weighted by atomic mass is 35.5. The van der Waals surface area contributed by atoms with Crippen molar-refractivity contribution < 1.29 is 22.7 Å². The highest BCUT2D eigenvalue weighted by molar-refractivity contribution is 6.30. The predicted molar refractivity (Wildman–Crippen MR) is 106 cm³/mol. The van der Waals surface area contributed by atoms with Crippen molar-refractivity contribution >= 4 is 17.6 Å². The average Bonchev–Trinajstić information content (AvgIpc) is 2.68. The van der Waals surface area contributed by atoms with Crippen molar-refractivity contribution in [3.63, 3.8) is 0 Å². The molecule has 3 rings (SSSR count). The van der Waals surface area contributed by atoms with Gasteiger partial charge in [0.25, 0.3) is 0 Å². The Hall–Kier alpha value is -2.86. The first-order valence-corrected chi connectivity index (χ1v) is 9.21. The summed E-state index contributed by atoms with van der Waals surface area (Å²) in [4.78, 5) is 16.8. The summed E-state index contributed by atoms with van der Waals surface area (Å²) in [5.41, 5.74) is 2.27. The average molecular weight is 420 g/mol. The molecule has 0 atom stereocenters. The maximum absolute atomic E-state index is 12.9. The van der Waals surface area contributed by atoms with E-state index in [1.807, 2.05) is 0 Å². The molecule has 0 saturated carbocycles. The number of benzene rings is 2. The zero-order chi connectivity index (χ0) is 21.2. The lowest BCUT2D eigenvalue weighted by Crippen LogP contribution is -2.09. The van der Waals surface area contributed by atoms with Gasteiger partial charge in [-0.1, -0.05) is 35.9 Å². The SMILES string of the molecule is CCOC(=O)c1cc(-c2ccc(Cl)cc2)c(-c2ccc(C(F)(F)F)cc2)nc1C. The Balaban J connectivity index is 2.18. The molecule has 0 aliphatic rings. The molecule has 29 heavy (non-hydrogen) atoms. The highest BCUT2D eigenvalue weighted by Crippen LogP contribution is 2.35. The molecule has 0 spiro atoms. The monoisotopic (exact) mass is 419 g/mol. The van der Waals surface area contributed by atoms with E-state index in [-0.39, 0.29) is 6.61 Å². The van der Waals surface area contributed by atoms with Crippen LogP contribution in [-0.2, 0) is 10.9 Å². The quantitative estimate of drug-likeness (QED) is 0.449. The van der Waals surface area contributed by atoms with Crippen LogP contribution in [0.15, 0.2) is 54.6 Å². The van der Waals surface area contributed by atoms with E-state index in [0.29, 0.717) is 33.1 Å². The third kappa shape index (κ3) is 4.59. The molecule has 1 aromatic heterocycles. The Morgan fingerprint density at radius 3 is 2.17 bits per heavy atom. The molecule has 7 heteroatoms. The molecule has 3 aromatic rings. The Kier molecular flexibility index (Phi) is 5.94. The summed E-state index contributed by atoms with van der Waals surface area (Å²) in [6.45, 7) is 3.58. The number of rotatable bonds is 4. The molecular formula is C22H17ClF3NO2. The lowest BCUT2D eigenvalue weighted by molar-refractivity contribution is -0.137. The van der Waals surface area contributed by atoms with Crippen molar-refractivity contribution in [3.05, 3.63) is 76.4 Å². The van der Waals surface area contributed by atoms with Gasteiger partial charge in [0.2, 0.25) is 0 Å². The first-order valence-electron chi connectivity index (χ1n) is 8.83. The summed E-state index contributed by atoms with van der Waals surface area (Å²) in [6, 6.07) is 13.3. The molecule has 150 valence electrons. The van der Waals surface area contributed by atoms with E-state index >= 15 is 0 Å². The van der Waals surface area contributed by atoms with Crippen molar-refractivity contribution in [1.82, 2.24) is 4.98 Å². The van der Waals surface area contributed by atoms with Gasteiger partial charge in [0.05, 0.1) is 29.1 Å². The van der Waals surface area contributed by atoms with Crippen LogP contribution in [0.25, 0.3) is 22.4 Å². The minimum atomic E-state index is -4.42. The third-order valence-electron chi connectivity index (χ3n) is 4.35. The fourth-order valence-corrected chi connectivity index (χ4v) is 3.03. The third-order valence-corrected chi connectivity index (χ3v) is 4.60. The zero-order valence-corrected chi connectivity index (χ0v) is 16.4. The van der Waals surface area contributed by atoms with E-state index in [0.717, 1.165) is 17.7 Å². The molecule has 0 radical (unpaired) electrons. The number of ether oxygens (including phenoxy) is 1. The van der Waals surface area contributed by atoms with Crippen LogP contribution in [0, 0.1) is 6.92 Å². The molecule has 2 aromatic carbocycles. The summed E-state index contributed by atoms with van der Waals surface area (Å²) in [6.07, 6.45) is -4.42. The maximum atomic E-state index is 12.9. The number of esters is 1. The normalized spacial score (nSPS) is 11.4. The van der Waals surface area contributed by atoms with Crippen LogP contribution >= 0.6 is 11.6 Å². The van der Waals surface area contributed by atoms with Crippen LogP contribution in [0.5, 0.6) is 0 Å². The molecule has 0 bridgehead atoms. The van der Waals surface area contributed by atoms with Gasteiger partial charge in [-0.25, -0.2) is 4.79 Å². The van der Waals surface area contributed by atoms with Gasteiger partial charge in [0.15, 0.2) is 0 Å². The molecule has 0 N–H and O–H groups in total. The number of carbonyl (C=O) groups excluding carboxylic acids is 1. The summed E-state index contributed by atoms with van der Waals surface area (Å²) in [7, 11) is 0. The van der Waals surface area contributed by atoms with Crippen molar-refractivity contribution in [2.45, 2.75) is 20.0 Å². The van der Waals surface area contributed by atoms with E-state index in [2.05, 4.69) is 4.98 Å². The topological polar surface area (TPSA) is 39.2 Å². The maximum Gasteiger partial charge on any atom is 0.416 e. The number of aromatic nitrogens is 1. The molecule has 0 aliphatic heterocycles.